The van der Waals surface area contributed by atoms with Crippen molar-refractivity contribution in [3.63, 3.8) is 0 Å². The van der Waals surface area contributed by atoms with E-state index in [4.69, 9.17) is 4.74 Å². The molecule has 0 saturated heterocycles. The van der Waals surface area contributed by atoms with Crippen LogP contribution in [0.25, 0.3) is 0 Å². The van der Waals surface area contributed by atoms with Gasteiger partial charge >= 0.3 is 0 Å². The van der Waals surface area contributed by atoms with Gasteiger partial charge in [-0.3, -0.25) is 4.90 Å². The highest BCUT2D eigenvalue weighted by atomic mass is 16.5. The molecule has 19 heavy (non-hydrogen) atoms. The fraction of sp³-hybridized carbons (Fsp3) is 0.625. The van der Waals surface area contributed by atoms with Crippen molar-refractivity contribution in [2.24, 2.45) is 0 Å². The zero-order chi connectivity index (χ0) is 13.1. The number of benzene rings is 1. The third kappa shape index (κ3) is 3.28. The highest BCUT2D eigenvalue weighted by Gasteiger charge is 2.28. The molecule has 1 N–H and O–H groups in total. The Morgan fingerprint density at radius 3 is 3.05 bits per heavy atom. The number of ether oxygens (including phenoxy) is 1. The molecule has 1 aromatic rings. The minimum atomic E-state index is 0.796. The second-order valence-electron chi connectivity index (χ2n) is 5.72. The van der Waals surface area contributed by atoms with Gasteiger partial charge in [0, 0.05) is 38.5 Å². The average Bonchev–Trinajstić information content (AvgIpc) is 3.28. The smallest absolute Gasteiger partial charge is 0.0589 e. The van der Waals surface area contributed by atoms with Gasteiger partial charge in [-0.25, -0.2) is 0 Å². The number of nitrogens with zero attached hydrogens (tertiary/aromatic N) is 1. The minimum Gasteiger partial charge on any atom is -0.385 e. The van der Waals surface area contributed by atoms with Crippen molar-refractivity contribution in [2.45, 2.75) is 38.3 Å². The van der Waals surface area contributed by atoms with Crippen LogP contribution in [0.2, 0.25) is 0 Å². The van der Waals surface area contributed by atoms with E-state index in [1.165, 1.54) is 42.5 Å². The second-order valence-corrected chi connectivity index (χ2v) is 5.72. The van der Waals surface area contributed by atoms with Crippen molar-refractivity contribution in [2.75, 3.05) is 32.1 Å². The van der Waals surface area contributed by atoms with E-state index in [1.54, 1.807) is 7.11 Å². The van der Waals surface area contributed by atoms with E-state index in [1.807, 2.05) is 0 Å². The Morgan fingerprint density at radius 2 is 2.26 bits per heavy atom. The summed E-state index contributed by atoms with van der Waals surface area (Å²) in [5.41, 5.74) is 4.28. The maximum atomic E-state index is 5.23. The summed E-state index contributed by atoms with van der Waals surface area (Å²) in [7, 11) is 1.79. The normalized spacial score (nSPS) is 18.2. The third-order valence-corrected chi connectivity index (χ3v) is 4.14. The summed E-state index contributed by atoms with van der Waals surface area (Å²) < 4.78 is 5.23. The zero-order valence-corrected chi connectivity index (χ0v) is 11.8. The van der Waals surface area contributed by atoms with Crippen molar-refractivity contribution in [1.29, 1.82) is 0 Å². The molecule has 2 aliphatic rings. The summed E-state index contributed by atoms with van der Waals surface area (Å²) in [6.45, 7) is 4.08. The molecule has 3 rings (SSSR count). The van der Waals surface area contributed by atoms with Crippen LogP contribution in [0.4, 0.5) is 5.69 Å². The Hall–Kier alpha value is -1.06. The number of hydrogen-bond donors (Lipinski definition) is 1. The molecule has 0 radical (unpaired) electrons. The lowest BCUT2D eigenvalue weighted by Gasteiger charge is -2.23. The number of hydrogen-bond acceptors (Lipinski definition) is 3. The van der Waals surface area contributed by atoms with E-state index in [0.717, 1.165) is 32.3 Å². The molecule has 1 aliphatic carbocycles. The maximum absolute atomic E-state index is 5.23. The molecule has 1 aromatic carbocycles. The Balaban J connectivity index is 1.67. The van der Waals surface area contributed by atoms with E-state index in [9.17, 15) is 0 Å². The van der Waals surface area contributed by atoms with Gasteiger partial charge in [0.1, 0.15) is 0 Å². The van der Waals surface area contributed by atoms with Crippen LogP contribution in [0.5, 0.6) is 0 Å². The van der Waals surface area contributed by atoms with Crippen molar-refractivity contribution in [1.82, 2.24) is 4.90 Å². The van der Waals surface area contributed by atoms with Crippen LogP contribution in [0.3, 0.4) is 0 Å². The van der Waals surface area contributed by atoms with Gasteiger partial charge in [0.25, 0.3) is 0 Å². The standard InChI is InChI=1S/C16H24N2O/c1-19-10-9-18(15-5-6-15)12-13-4-7-16-14(11-13)3-2-8-17-16/h4,7,11,15,17H,2-3,5-6,8-10,12H2,1H3. The molecular weight excluding hydrogens is 236 g/mol. The first kappa shape index (κ1) is 12.9. The minimum absolute atomic E-state index is 0.796. The quantitative estimate of drug-likeness (QED) is 0.851. The number of methoxy groups -OCH3 is 1. The van der Waals surface area contributed by atoms with E-state index >= 15 is 0 Å². The molecule has 1 aliphatic heterocycles. The first-order valence-electron chi connectivity index (χ1n) is 7.45. The molecule has 0 amide bonds. The molecule has 3 heteroatoms. The lowest BCUT2D eigenvalue weighted by atomic mass is 10.0. The Bertz CT molecular complexity index is 429. The van der Waals surface area contributed by atoms with Gasteiger partial charge in [0.15, 0.2) is 0 Å². The first-order valence-corrected chi connectivity index (χ1v) is 7.45. The van der Waals surface area contributed by atoms with Crippen LogP contribution < -0.4 is 5.32 Å². The number of fused-ring (bicyclic) bond motifs is 1. The highest BCUT2D eigenvalue weighted by Crippen LogP contribution is 2.29. The molecule has 1 heterocycles. The molecule has 1 fully saturated rings. The molecule has 0 spiro atoms. The van der Waals surface area contributed by atoms with Gasteiger partial charge in [-0.05, 0) is 42.9 Å². The molecule has 0 atom stereocenters. The van der Waals surface area contributed by atoms with Crippen LogP contribution in [0, 0.1) is 0 Å². The van der Waals surface area contributed by atoms with Crippen LogP contribution in [0.15, 0.2) is 18.2 Å². The number of rotatable bonds is 6. The molecule has 0 bridgehead atoms. The van der Waals surface area contributed by atoms with Crippen molar-refractivity contribution >= 4 is 5.69 Å². The first-order chi connectivity index (χ1) is 9.36. The Morgan fingerprint density at radius 1 is 1.37 bits per heavy atom. The number of anilines is 1. The Kier molecular flexibility index (Phi) is 4.04. The maximum Gasteiger partial charge on any atom is 0.0589 e. The molecule has 104 valence electrons. The summed E-state index contributed by atoms with van der Waals surface area (Å²) >= 11 is 0. The van der Waals surface area contributed by atoms with Crippen LogP contribution in [-0.4, -0.2) is 37.7 Å². The van der Waals surface area contributed by atoms with Crippen molar-refractivity contribution < 1.29 is 4.74 Å². The van der Waals surface area contributed by atoms with Crippen LogP contribution >= 0.6 is 0 Å². The fourth-order valence-electron chi connectivity index (χ4n) is 2.90. The predicted octanol–water partition coefficient (Wildman–Crippen LogP) is 2.66. The van der Waals surface area contributed by atoms with Gasteiger partial charge in [-0.2, -0.15) is 0 Å². The summed E-state index contributed by atoms with van der Waals surface area (Å²) in [5.74, 6) is 0. The lowest BCUT2D eigenvalue weighted by molar-refractivity contribution is 0.139. The average molecular weight is 260 g/mol. The highest BCUT2D eigenvalue weighted by molar-refractivity contribution is 5.54. The monoisotopic (exact) mass is 260 g/mol. The van der Waals surface area contributed by atoms with Crippen LogP contribution in [0.1, 0.15) is 30.4 Å². The predicted molar refractivity (Wildman–Crippen MR) is 78.6 cm³/mol. The van der Waals surface area contributed by atoms with Gasteiger partial charge in [0.05, 0.1) is 6.61 Å². The second kappa shape index (κ2) is 5.93. The fourth-order valence-corrected chi connectivity index (χ4v) is 2.90. The summed E-state index contributed by atoms with van der Waals surface area (Å²) in [4.78, 5) is 2.57. The summed E-state index contributed by atoms with van der Waals surface area (Å²) in [5, 5.41) is 3.48. The number of nitrogens with one attached hydrogen (secondary N) is 1. The van der Waals surface area contributed by atoms with Crippen molar-refractivity contribution in [3.8, 4) is 0 Å². The van der Waals surface area contributed by atoms with Gasteiger partial charge in [-0.1, -0.05) is 12.1 Å². The van der Waals surface area contributed by atoms with E-state index in [0.29, 0.717) is 0 Å². The molecule has 3 nitrogen and oxygen atoms in total. The molecule has 0 unspecified atom stereocenters. The number of aryl methyl sites for hydroxylation is 1. The van der Waals surface area contributed by atoms with E-state index in [-0.39, 0.29) is 0 Å². The van der Waals surface area contributed by atoms with Gasteiger partial charge < -0.3 is 10.1 Å². The molecule has 0 aromatic heterocycles. The Labute approximate surface area is 115 Å². The van der Waals surface area contributed by atoms with Gasteiger partial charge in [0.2, 0.25) is 0 Å². The van der Waals surface area contributed by atoms with Crippen LogP contribution in [-0.2, 0) is 17.7 Å². The zero-order valence-electron chi connectivity index (χ0n) is 11.8. The van der Waals surface area contributed by atoms with Crippen molar-refractivity contribution in [3.05, 3.63) is 29.3 Å². The molecular formula is C16H24N2O. The van der Waals surface area contributed by atoms with E-state index in [2.05, 4.69) is 28.4 Å². The van der Waals surface area contributed by atoms with Gasteiger partial charge in [-0.15, -0.1) is 0 Å². The summed E-state index contributed by atoms with van der Waals surface area (Å²) in [6.07, 6.45) is 5.19. The third-order valence-electron chi connectivity index (χ3n) is 4.14. The summed E-state index contributed by atoms with van der Waals surface area (Å²) in [6, 6.07) is 7.72. The van der Waals surface area contributed by atoms with E-state index < -0.39 is 0 Å². The largest absolute Gasteiger partial charge is 0.385 e. The SMILES string of the molecule is COCCN(Cc1ccc2c(c1)CCCN2)C1CC1. The molecule has 1 saturated carbocycles. The lowest BCUT2D eigenvalue weighted by Crippen LogP contribution is -2.29. The topological polar surface area (TPSA) is 24.5 Å².